The van der Waals surface area contributed by atoms with Crippen LogP contribution in [-0.2, 0) is 9.59 Å². The molecule has 0 spiro atoms. The van der Waals surface area contributed by atoms with Gasteiger partial charge in [0.05, 0.1) is 24.2 Å². The molecule has 5 N–H and O–H groups in total. The molecular weight excluding hydrogens is 332 g/mol. The summed E-state index contributed by atoms with van der Waals surface area (Å²) in [5, 5.41) is 15.9. The van der Waals surface area contributed by atoms with Gasteiger partial charge >= 0.3 is 0 Å². The minimum atomic E-state index is -0.566. The highest BCUT2D eigenvalue weighted by atomic mass is 16.3. The quantitative estimate of drug-likeness (QED) is 0.532. The molecule has 1 aliphatic carbocycles. The first kappa shape index (κ1) is 18.3. The monoisotopic (exact) mass is 358 g/mol. The van der Waals surface area contributed by atoms with Crippen LogP contribution in [0.2, 0.25) is 0 Å². The lowest BCUT2D eigenvalue weighted by Gasteiger charge is -2.41. The number of allylic oxidation sites excluding steroid dienone is 4. The van der Waals surface area contributed by atoms with Crippen molar-refractivity contribution < 1.29 is 14.7 Å². The summed E-state index contributed by atoms with van der Waals surface area (Å²) in [6.45, 7) is -0.113. The van der Waals surface area contributed by atoms with Gasteiger partial charge in [0, 0.05) is 11.7 Å². The van der Waals surface area contributed by atoms with Gasteiger partial charge in [0.15, 0.2) is 0 Å². The Balaban J connectivity index is 2.01. The van der Waals surface area contributed by atoms with Crippen molar-refractivity contribution in [1.29, 1.82) is 0 Å². The van der Waals surface area contributed by atoms with Crippen molar-refractivity contribution in [3.63, 3.8) is 0 Å². The number of fused-ring (bicyclic) bond motifs is 1. The van der Waals surface area contributed by atoms with Crippen molar-refractivity contribution in [2.24, 2.45) is 5.73 Å². The second-order valence-corrected chi connectivity index (χ2v) is 6.74. The van der Waals surface area contributed by atoms with Gasteiger partial charge in [-0.1, -0.05) is 37.1 Å². The van der Waals surface area contributed by atoms with Crippen LogP contribution >= 0.6 is 0 Å². The van der Waals surface area contributed by atoms with Crippen LogP contribution < -0.4 is 16.4 Å². The molecule has 0 bridgehead atoms. The average Bonchev–Trinajstić information content (AvgIpc) is 2.94. The van der Waals surface area contributed by atoms with E-state index in [-0.39, 0.29) is 23.9 Å². The first-order valence-corrected chi connectivity index (χ1v) is 9.09. The first-order valence-electron chi connectivity index (χ1n) is 9.09. The predicted octanol–water partition coefficient (Wildman–Crippen LogP) is 0.0590. The molecule has 3 unspecified atom stereocenters. The summed E-state index contributed by atoms with van der Waals surface area (Å²) in [4.78, 5) is 26.8. The lowest BCUT2D eigenvalue weighted by atomic mass is 9.88. The van der Waals surface area contributed by atoms with Crippen LogP contribution in [0.25, 0.3) is 0 Å². The van der Waals surface area contributed by atoms with E-state index < -0.39 is 12.6 Å². The fourth-order valence-electron chi connectivity index (χ4n) is 4.09. The normalized spacial score (nSPS) is 29.0. The van der Waals surface area contributed by atoms with E-state index in [1.807, 2.05) is 12.2 Å². The predicted molar refractivity (Wildman–Crippen MR) is 98.5 cm³/mol. The number of aliphatic hydroxyl groups excluding tert-OH is 1. The van der Waals surface area contributed by atoms with Crippen LogP contribution in [0.5, 0.6) is 0 Å². The molecule has 0 aromatic heterocycles. The van der Waals surface area contributed by atoms with Crippen molar-refractivity contribution in [2.45, 2.75) is 43.8 Å². The van der Waals surface area contributed by atoms with Gasteiger partial charge in [-0.3, -0.25) is 9.59 Å². The van der Waals surface area contributed by atoms with Crippen molar-refractivity contribution >= 4 is 11.8 Å². The van der Waals surface area contributed by atoms with Crippen molar-refractivity contribution in [3.8, 4) is 0 Å². The molecule has 3 aliphatic rings. The highest BCUT2D eigenvalue weighted by Crippen LogP contribution is 2.33. The Labute approximate surface area is 153 Å². The van der Waals surface area contributed by atoms with Crippen LogP contribution in [0, 0.1) is 0 Å². The third-order valence-electron chi connectivity index (χ3n) is 5.20. The summed E-state index contributed by atoms with van der Waals surface area (Å²) in [5.41, 5.74) is 6.74. The molecule has 0 aromatic carbocycles. The summed E-state index contributed by atoms with van der Waals surface area (Å²) >= 11 is 0. The van der Waals surface area contributed by atoms with Gasteiger partial charge in [-0.2, -0.15) is 0 Å². The molecule has 3 atom stereocenters. The number of rotatable bonds is 4. The molecule has 0 aromatic rings. The zero-order chi connectivity index (χ0) is 18.5. The molecule has 26 heavy (non-hydrogen) atoms. The van der Waals surface area contributed by atoms with Gasteiger partial charge in [-0.05, 0) is 25.1 Å². The van der Waals surface area contributed by atoms with Crippen LogP contribution in [0.3, 0.4) is 0 Å². The number of nitrogens with two attached hydrogens (primary N) is 1. The molecule has 3 rings (SSSR count). The number of carbonyl (C=O) groups excluding carboxylic acids is 2. The van der Waals surface area contributed by atoms with E-state index in [2.05, 4.69) is 10.6 Å². The lowest BCUT2D eigenvalue weighted by molar-refractivity contribution is -0.138. The second-order valence-electron chi connectivity index (χ2n) is 6.74. The molecule has 1 fully saturated rings. The largest absolute Gasteiger partial charge is 0.405 e. The van der Waals surface area contributed by atoms with E-state index in [4.69, 9.17) is 5.73 Å². The third kappa shape index (κ3) is 3.53. The lowest BCUT2D eigenvalue weighted by Crippen LogP contribution is -2.56. The molecule has 0 radical (unpaired) electrons. The van der Waals surface area contributed by atoms with Gasteiger partial charge in [-0.15, -0.1) is 0 Å². The summed E-state index contributed by atoms with van der Waals surface area (Å²) in [6.07, 6.45) is 14.3. The Morgan fingerprint density at radius 3 is 2.77 bits per heavy atom. The molecule has 140 valence electrons. The zero-order valence-electron chi connectivity index (χ0n) is 14.7. The number of amides is 2. The minimum Gasteiger partial charge on any atom is -0.405 e. The molecule has 2 heterocycles. The van der Waals surface area contributed by atoms with Gasteiger partial charge < -0.3 is 26.4 Å². The van der Waals surface area contributed by atoms with Crippen LogP contribution in [0.1, 0.15) is 25.7 Å². The number of hydrogen-bond acceptors (Lipinski definition) is 5. The number of hydrogen-bond donors (Lipinski definition) is 4. The van der Waals surface area contributed by atoms with E-state index in [0.29, 0.717) is 12.1 Å². The fourth-order valence-corrected chi connectivity index (χ4v) is 4.09. The van der Waals surface area contributed by atoms with Crippen LogP contribution in [-0.4, -0.2) is 53.1 Å². The van der Waals surface area contributed by atoms with E-state index in [1.165, 1.54) is 6.20 Å². The second kappa shape index (κ2) is 8.23. The Kier molecular flexibility index (Phi) is 5.78. The summed E-state index contributed by atoms with van der Waals surface area (Å²) in [7, 11) is 0. The standard InChI is InChI=1S/C19H26N4O3/c20-10-6-2-1-3-9-16-18-14(11-21-19(18)26)22-13-7-4-5-8-15(13)23(16)17(25)12-24/h1-3,6,9-10,13,15-16,22,24H,4-5,7-8,11-12,20H2,(H,21,26)/b2-1-,9-3+,10-6-. The fraction of sp³-hybridized carbons (Fsp3) is 0.474. The Bertz CT molecular complexity index is 680. The molecule has 0 saturated heterocycles. The number of nitrogens with one attached hydrogen (secondary N) is 2. The topological polar surface area (TPSA) is 108 Å². The zero-order valence-corrected chi connectivity index (χ0v) is 14.7. The Morgan fingerprint density at radius 1 is 1.23 bits per heavy atom. The minimum absolute atomic E-state index is 0.0376. The summed E-state index contributed by atoms with van der Waals surface area (Å²) in [6, 6.07) is -0.435. The van der Waals surface area contributed by atoms with E-state index >= 15 is 0 Å². The van der Waals surface area contributed by atoms with E-state index in [1.54, 1.807) is 23.1 Å². The van der Waals surface area contributed by atoms with Crippen molar-refractivity contribution in [2.75, 3.05) is 13.2 Å². The highest BCUT2D eigenvalue weighted by molar-refractivity contribution is 5.99. The number of aliphatic hydroxyl groups is 1. The number of nitrogens with zero attached hydrogens (tertiary/aromatic N) is 1. The highest BCUT2D eigenvalue weighted by Gasteiger charge is 2.44. The molecule has 2 amide bonds. The smallest absolute Gasteiger partial charge is 0.251 e. The SMILES string of the molecule is N\C=C/C=C\C=C\C1C2=C(CNC2=O)NC2CCCCC2N1C(=O)CO. The average molecular weight is 358 g/mol. The first-order chi connectivity index (χ1) is 12.7. The molecule has 2 aliphatic heterocycles. The number of carbonyl (C=O) groups is 2. The summed E-state index contributed by atoms with van der Waals surface area (Å²) < 4.78 is 0. The third-order valence-corrected chi connectivity index (χ3v) is 5.20. The molecule has 1 saturated carbocycles. The van der Waals surface area contributed by atoms with E-state index in [0.717, 1.165) is 31.4 Å². The van der Waals surface area contributed by atoms with Crippen LogP contribution in [0.4, 0.5) is 0 Å². The maximum Gasteiger partial charge on any atom is 0.251 e. The van der Waals surface area contributed by atoms with Gasteiger partial charge in [-0.25, -0.2) is 0 Å². The molecular formula is C19H26N4O3. The van der Waals surface area contributed by atoms with Crippen molar-refractivity contribution in [1.82, 2.24) is 15.5 Å². The maximum atomic E-state index is 12.6. The van der Waals surface area contributed by atoms with Gasteiger partial charge in [0.2, 0.25) is 5.91 Å². The van der Waals surface area contributed by atoms with Gasteiger partial charge in [0.1, 0.15) is 6.61 Å². The van der Waals surface area contributed by atoms with Gasteiger partial charge in [0.25, 0.3) is 5.91 Å². The summed E-state index contributed by atoms with van der Waals surface area (Å²) in [5.74, 6) is -0.514. The van der Waals surface area contributed by atoms with Crippen LogP contribution in [0.15, 0.2) is 47.9 Å². The Morgan fingerprint density at radius 2 is 2.00 bits per heavy atom. The molecule has 7 nitrogen and oxygen atoms in total. The maximum absolute atomic E-state index is 12.6. The van der Waals surface area contributed by atoms with E-state index in [9.17, 15) is 14.7 Å². The van der Waals surface area contributed by atoms with Crippen molar-refractivity contribution in [3.05, 3.63) is 47.9 Å². The Hall–Kier alpha value is -2.54. The molecule has 7 heteroatoms.